The minimum absolute atomic E-state index is 0.142. The van der Waals surface area contributed by atoms with Gasteiger partial charge in [0, 0.05) is 22.5 Å². The van der Waals surface area contributed by atoms with Gasteiger partial charge in [0.25, 0.3) is 5.91 Å². The largest absolute Gasteiger partial charge is 0.480 e. The average molecular weight is 347 g/mol. The molecule has 2 rings (SSSR count). The number of carbonyl (C=O) groups is 2. The Labute approximate surface area is 124 Å². The lowest BCUT2D eigenvalue weighted by Crippen LogP contribution is -2.42. The molecular weight excluding hydrogens is 332 g/mol. The molecule has 1 aliphatic heterocycles. The van der Waals surface area contributed by atoms with E-state index in [-0.39, 0.29) is 11.9 Å². The maximum atomic E-state index is 12.5. The molecule has 1 unspecified atom stereocenters. The molecule has 0 radical (unpaired) electrons. The highest BCUT2D eigenvalue weighted by Gasteiger charge is 2.36. The van der Waals surface area contributed by atoms with Gasteiger partial charge < -0.3 is 14.6 Å². The number of nitrogens with zero attached hydrogens (tertiary/aromatic N) is 2. The van der Waals surface area contributed by atoms with Crippen molar-refractivity contribution in [3.8, 4) is 0 Å². The van der Waals surface area contributed by atoms with Crippen LogP contribution in [0.15, 0.2) is 16.7 Å². The Morgan fingerprint density at radius 3 is 2.79 bits per heavy atom. The van der Waals surface area contributed by atoms with E-state index in [1.165, 1.54) is 16.7 Å². The summed E-state index contributed by atoms with van der Waals surface area (Å²) in [5.41, 5.74) is 0.524. The topological polar surface area (TPSA) is 62.5 Å². The number of carboxylic acids is 1. The van der Waals surface area contributed by atoms with Gasteiger partial charge in [0.05, 0.1) is 5.88 Å². The van der Waals surface area contributed by atoms with Gasteiger partial charge in [0.2, 0.25) is 0 Å². The number of thioether (sulfide) groups is 1. The van der Waals surface area contributed by atoms with Crippen LogP contribution in [-0.4, -0.2) is 44.1 Å². The van der Waals surface area contributed by atoms with Crippen LogP contribution in [0.1, 0.15) is 30.4 Å². The number of rotatable bonds is 3. The van der Waals surface area contributed by atoms with Gasteiger partial charge in [-0.1, -0.05) is 0 Å². The first-order chi connectivity index (χ1) is 8.91. The summed E-state index contributed by atoms with van der Waals surface area (Å²) in [6, 6.07) is 1.15. The quantitative estimate of drug-likeness (QED) is 0.912. The molecule has 1 aromatic rings. The molecule has 1 N–H and O–H groups in total. The van der Waals surface area contributed by atoms with Gasteiger partial charge in [-0.2, -0.15) is 0 Å². The second-order valence-corrected chi connectivity index (χ2v) is 6.59. The molecule has 1 fully saturated rings. The third kappa shape index (κ3) is 2.81. The molecule has 0 spiro atoms. The zero-order valence-corrected chi connectivity index (χ0v) is 13.1. The Balaban J connectivity index is 2.31. The highest BCUT2D eigenvalue weighted by molar-refractivity contribution is 9.10. The fourth-order valence-electron chi connectivity index (χ4n) is 2.04. The van der Waals surface area contributed by atoms with E-state index in [2.05, 4.69) is 15.9 Å². The predicted molar refractivity (Wildman–Crippen MR) is 77.4 cm³/mol. The van der Waals surface area contributed by atoms with E-state index in [9.17, 15) is 9.59 Å². The second-order valence-electron chi connectivity index (χ2n) is 4.67. The SMILES string of the molecule is CC(C)n1cc(Br)cc1C(=O)N1CSCC1C(=O)O. The summed E-state index contributed by atoms with van der Waals surface area (Å²) in [7, 11) is 0. The minimum atomic E-state index is -0.944. The maximum absolute atomic E-state index is 12.5. The summed E-state index contributed by atoms with van der Waals surface area (Å²) >= 11 is 4.83. The van der Waals surface area contributed by atoms with E-state index < -0.39 is 12.0 Å². The number of hydrogen-bond donors (Lipinski definition) is 1. The molecule has 7 heteroatoms. The van der Waals surface area contributed by atoms with Crippen LogP contribution in [-0.2, 0) is 4.79 Å². The lowest BCUT2D eigenvalue weighted by molar-refractivity contribution is -0.140. The van der Waals surface area contributed by atoms with Gasteiger partial charge in [-0.3, -0.25) is 4.79 Å². The van der Waals surface area contributed by atoms with Crippen molar-refractivity contribution in [3.63, 3.8) is 0 Å². The van der Waals surface area contributed by atoms with Crippen molar-refractivity contribution in [2.24, 2.45) is 0 Å². The molecule has 1 atom stereocenters. The first-order valence-electron chi connectivity index (χ1n) is 5.90. The highest BCUT2D eigenvalue weighted by atomic mass is 79.9. The second kappa shape index (κ2) is 5.58. The zero-order chi connectivity index (χ0) is 14.2. The van der Waals surface area contributed by atoms with E-state index >= 15 is 0 Å². The van der Waals surface area contributed by atoms with Gasteiger partial charge in [0.1, 0.15) is 11.7 Å². The Morgan fingerprint density at radius 2 is 2.21 bits per heavy atom. The van der Waals surface area contributed by atoms with Gasteiger partial charge in [-0.25, -0.2) is 4.79 Å². The van der Waals surface area contributed by atoms with Crippen LogP contribution in [0.25, 0.3) is 0 Å². The van der Waals surface area contributed by atoms with E-state index in [0.29, 0.717) is 17.3 Å². The normalized spacial score (nSPS) is 19.2. The van der Waals surface area contributed by atoms with E-state index in [1.54, 1.807) is 6.07 Å². The first kappa shape index (κ1) is 14.5. The number of carboxylic acid groups (broad SMARTS) is 1. The number of amides is 1. The van der Waals surface area contributed by atoms with Crippen molar-refractivity contribution in [2.75, 3.05) is 11.6 Å². The molecule has 5 nitrogen and oxygen atoms in total. The van der Waals surface area contributed by atoms with Crippen LogP contribution >= 0.6 is 27.7 Å². The Kier molecular flexibility index (Phi) is 4.25. The highest BCUT2D eigenvalue weighted by Crippen LogP contribution is 2.26. The Bertz CT molecular complexity index is 515. The number of halogens is 1. The lowest BCUT2D eigenvalue weighted by Gasteiger charge is -2.22. The number of aliphatic carboxylic acids is 1. The van der Waals surface area contributed by atoms with Crippen molar-refractivity contribution >= 4 is 39.6 Å². The average Bonchev–Trinajstić information content (AvgIpc) is 2.93. The molecule has 0 saturated carbocycles. The monoisotopic (exact) mass is 346 g/mol. The summed E-state index contributed by atoms with van der Waals surface area (Å²) in [6.45, 7) is 3.97. The van der Waals surface area contributed by atoms with Crippen molar-refractivity contribution in [1.82, 2.24) is 9.47 Å². The van der Waals surface area contributed by atoms with Crippen molar-refractivity contribution in [2.45, 2.75) is 25.9 Å². The molecular formula is C12H15BrN2O3S. The Hall–Kier alpha value is -0.950. The first-order valence-corrected chi connectivity index (χ1v) is 7.85. The molecule has 19 heavy (non-hydrogen) atoms. The van der Waals surface area contributed by atoms with Crippen LogP contribution in [0, 0.1) is 0 Å². The molecule has 1 amide bonds. The molecule has 104 valence electrons. The summed E-state index contributed by atoms with van der Waals surface area (Å²) in [6.07, 6.45) is 1.84. The van der Waals surface area contributed by atoms with Crippen LogP contribution in [0.3, 0.4) is 0 Å². The van der Waals surface area contributed by atoms with Gasteiger partial charge in [0.15, 0.2) is 0 Å². The lowest BCUT2D eigenvalue weighted by atomic mass is 10.2. The Morgan fingerprint density at radius 1 is 1.53 bits per heavy atom. The van der Waals surface area contributed by atoms with Gasteiger partial charge in [-0.05, 0) is 35.8 Å². The number of hydrogen-bond acceptors (Lipinski definition) is 3. The van der Waals surface area contributed by atoms with Gasteiger partial charge >= 0.3 is 5.97 Å². The standard InChI is InChI=1S/C12H15BrN2O3S/c1-7(2)14-4-8(13)3-9(14)11(16)15-6-19-5-10(15)12(17)18/h3-4,7,10H,5-6H2,1-2H3,(H,17,18). The van der Waals surface area contributed by atoms with E-state index in [1.807, 2.05) is 24.6 Å². The zero-order valence-electron chi connectivity index (χ0n) is 10.7. The summed E-state index contributed by atoms with van der Waals surface area (Å²) in [5, 5.41) is 9.14. The number of aromatic nitrogens is 1. The molecule has 0 aromatic carbocycles. The summed E-state index contributed by atoms with van der Waals surface area (Å²) < 4.78 is 2.68. The molecule has 2 heterocycles. The smallest absolute Gasteiger partial charge is 0.327 e. The summed E-state index contributed by atoms with van der Waals surface area (Å²) in [4.78, 5) is 25.1. The van der Waals surface area contributed by atoms with E-state index in [4.69, 9.17) is 5.11 Å². The minimum Gasteiger partial charge on any atom is -0.480 e. The fourth-order valence-corrected chi connectivity index (χ4v) is 3.62. The van der Waals surface area contributed by atoms with Crippen molar-refractivity contribution in [3.05, 3.63) is 22.4 Å². The van der Waals surface area contributed by atoms with Crippen LogP contribution in [0.2, 0.25) is 0 Å². The predicted octanol–water partition coefficient (Wildman–Crippen LogP) is 2.43. The maximum Gasteiger partial charge on any atom is 0.327 e. The van der Waals surface area contributed by atoms with E-state index in [0.717, 1.165) is 4.47 Å². The molecule has 1 saturated heterocycles. The molecule has 1 aromatic heterocycles. The van der Waals surface area contributed by atoms with Crippen LogP contribution < -0.4 is 0 Å². The third-order valence-corrected chi connectivity index (χ3v) is 4.46. The molecule has 0 aliphatic carbocycles. The summed E-state index contributed by atoms with van der Waals surface area (Å²) in [5.74, 6) is -0.293. The number of carbonyl (C=O) groups excluding carboxylic acids is 1. The van der Waals surface area contributed by atoms with Crippen LogP contribution in [0.4, 0.5) is 0 Å². The van der Waals surface area contributed by atoms with Gasteiger partial charge in [-0.15, -0.1) is 11.8 Å². The molecule has 0 bridgehead atoms. The fraction of sp³-hybridized carbons (Fsp3) is 0.500. The van der Waals surface area contributed by atoms with Crippen molar-refractivity contribution < 1.29 is 14.7 Å². The van der Waals surface area contributed by atoms with Crippen LogP contribution in [0.5, 0.6) is 0 Å². The van der Waals surface area contributed by atoms with Crippen molar-refractivity contribution in [1.29, 1.82) is 0 Å². The molecule has 1 aliphatic rings. The third-order valence-electron chi connectivity index (χ3n) is 3.02.